The molecule has 2 aromatic carbocycles. The number of phenolic OH excluding ortho intramolecular Hbond substituents is 1. The number of halogens is 1. The number of fused-ring (bicyclic) bond motifs is 1. The largest absolute Gasteiger partial charge is 0.507 e. The fraction of sp³-hybridized carbons (Fsp3) is 0.200. The van der Waals surface area contributed by atoms with Crippen molar-refractivity contribution in [2.24, 2.45) is 0 Å². The summed E-state index contributed by atoms with van der Waals surface area (Å²) >= 11 is 6.22. The fourth-order valence-corrected chi connectivity index (χ4v) is 2.14. The molecule has 2 heteroatoms. The summed E-state index contributed by atoms with van der Waals surface area (Å²) in [7, 11) is 0. The summed E-state index contributed by atoms with van der Waals surface area (Å²) < 4.78 is 0. The second kappa shape index (κ2) is 4.80. The first-order valence-corrected chi connectivity index (χ1v) is 6.00. The molecule has 0 amide bonds. The first-order chi connectivity index (χ1) is 8.09. The lowest BCUT2D eigenvalue weighted by Gasteiger charge is -2.08. The van der Waals surface area contributed by atoms with Crippen LogP contribution in [0.5, 0.6) is 5.75 Å². The SMILES string of the molecule is CC(C)=CCc1cc(Cl)c2ccccc2c1O. The van der Waals surface area contributed by atoms with Gasteiger partial charge in [-0.1, -0.05) is 47.5 Å². The summed E-state index contributed by atoms with van der Waals surface area (Å²) in [6, 6.07) is 9.48. The molecule has 2 rings (SSSR count). The molecular formula is C15H15ClO. The topological polar surface area (TPSA) is 20.2 Å². The van der Waals surface area contributed by atoms with Crippen molar-refractivity contribution in [2.75, 3.05) is 0 Å². The maximum Gasteiger partial charge on any atom is 0.127 e. The van der Waals surface area contributed by atoms with Crippen molar-refractivity contribution in [1.29, 1.82) is 0 Å². The smallest absolute Gasteiger partial charge is 0.127 e. The van der Waals surface area contributed by atoms with Crippen molar-refractivity contribution < 1.29 is 5.11 Å². The Bertz CT molecular complexity index is 581. The quantitative estimate of drug-likeness (QED) is 0.761. The Hall–Kier alpha value is -1.47. The van der Waals surface area contributed by atoms with E-state index < -0.39 is 0 Å². The minimum Gasteiger partial charge on any atom is -0.507 e. The second-order valence-corrected chi connectivity index (χ2v) is 4.80. The molecule has 0 radical (unpaired) electrons. The van der Waals surface area contributed by atoms with E-state index >= 15 is 0 Å². The predicted molar refractivity (Wildman–Crippen MR) is 73.8 cm³/mol. The van der Waals surface area contributed by atoms with E-state index in [1.807, 2.05) is 44.2 Å². The summed E-state index contributed by atoms with van der Waals surface area (Å²) in [6.07, 6.45) is 2.79. The zero-order valence-corrected chi connectivity index (χ0v) is 10.8. The Morgan fingerprint density at radius 2 is 1.88 bits per heavy atom. The molecule has 1 nitrogen and oxygen atoms in total. The Labute approximate surface area is 106 Å². The normalized spacial score (nSPS) is 10.5. The van der Waals surface area contributed by atoms with Crippen LogP contribution in [0.1, 0.15) is 19.4 Å². The Balaban J connectivity index is 2.59. The number of allylic oxidation sites excluding steroid dienone is 2. The highest BCUT2D eigenvalue weighted by molar-refractivity contribution is 6.35. The molecule has 88 valence electrons. The van der Waals surface area contributed by atoms with Gasteiger partial charge in [0.1, 0.15) is 5.75 Å². The lowest BCUT2D eigenvalue weighted by atomic mass is 10.0. The lowest BCUT2D eigenvalue weighted by molar-refractivity contribution is 0.476. The van der Waals surface area contributed by atoms with E-state index in [4.69, 9.17) is 11.6 Å². The Morgan fingerprint density at radius 1 is 1.24 bits per heavy atom. The van der Waals surface area contributed by atoms with Gasteiger partial charge < -0.3 is 5.11 Å². The van der Waals surface area contributed by atoms with Gasteiger partial charge in [-0.2, -0.15) is 0 Å². The van der Waals surface area contributed by atoms with E-state index in [0.717, 1.165) is 16.3 Å². The van der Waals surface area contributed by atoms with Crippen LogP contribution in [0.3, 0.4) is 0 Å². The van der Waals surface area contributed by atoms with Crippen LogP contribution in [0.2, 0.25) is 5.02 Å². The molecule has 0 unspecified atom stereocenters. The standard InChI is InChI=1S/C15H15ClO/c1-10(2)7-8-11-9-14(16)12-5-3-4-6-13(12)15(11)17/h3-7,9,17H,8H2,1-2H3. The zero-order valence-electron chi connectivity index (χ0n) is 10.00. The first kappa shape index (κ1) is 12.0. The molecule has 0 aliphatic carbocycles. The number of aromatic hydroxyl groups is 1. The Morgan fingerprint density at radius 3 is 2.53 bits per heavy atom. The van der Waals surface area contributed by atoms with E-state index in [1.165, 1.54) is 5.57 Å². The number of hydrogen-bond acceptors (Lipinski definition) is 1. The minimum absolute atomic E-state index is 0.336. The van der Waals surface area contributed by atoms with Crippen molar-refractivity contribution in [2.45, 2.75) is 20.3 Å². The van der Waals surface area contributed by atoms with Crippen molar-refractivity contribution in [3.8, 4) is 5.75 Å². The Kier molecular flexibility index (Phi) is 3.39. The number of rotatable bonds is 2. The van der Waals surface area contributed by atoms with Crippen LogP contribution in [0.25, 0.3) is 10.8 Å². The summed E-state index contributed by atoms with van der Waals surface area (Å²) in [5.41, 5.74) is 2.10. The molecule has 1 N–H and O–H groups in total. The van der Waals surface area contributed by atoms with E-state index in [9.17, 15) is 5.11 Å². The van der Waals surface area contributed by atoms with E-state index in [0.29, 0.717) is 17.2 Å². The second-order valence-electron chi connectivity index (χ2n) is 4.40. The van der Waals surface area contributed by atoms with Gasteiger partial charge >= 0.3 is 0 Å². The highest BCUT2D eigenvalue weighted by Gasteiger charge is 2.08. The van der Waals surface area contributed by atoms with Crippen molar-refractivity contribution in [3.05, 3.63) is 52.6 Å². The molecule has 0 aliphatic rings. The van der Waals surface area contributed by atoms with Gasteiger partial charge in [0.25, 0.3) is 0 Å². The molecule has 0 saturated heterocycles. The van der Waals surface area contributed by atoms with Crippen LogP contribution in [-0.2, 0) is 6.42 Å². The molecule has 0 atom stereocenters. The highest BCUT2D eigenvalue weighted by atomic mass is 35.5. The van der Waals surface area contributed by atoms with Crippen LogP contribution in [-0.4, -0.2) is 5.11 Å². The monoisotopic (exact) mass is 246 g/mol. The molecule has 0 aliphatic heterocycles. The molecule has 0 fully saturated rings. The minimum atomic E-state index is 0.336. The van der Waals surface area contributed by atoms with Gasteiger partial charge in [0.05, 0.1) is 0 Å². The van der Waals surface area contributed by atoms with E-state index in [-0.39, 0.29) is 0 Å². The van der Waals surface area contributed by atoms with Gasteiger partial charge in [-0.05, 0) is 31.9 Å². The summed E-state index contributed by atoms with van der Waals surface area (Å²) in [5.74, 6) is 0.336. The third kappa shape index (κ3) is 2.45. The molecule has 2 aromatic rings. The molecule has 0 aromatic heterocycles. The molecule has 17 heavy (non-hydrogen) atoms. The molecular weight excluding hydrogens is 232 g/mol. The molecule has 0 bridgehead atoms. The van der Waals surface area contributed by atoms with Gasteiger partial charge in [-0.3, -0.25) is 0 Å². The third-order valence-corrected chi connectivity index (χ3v) is 3.09. The van der Waals surface area contributed by atoms with E-state index in [1.54, 1.807) is 0 Å². The van der Waals surface area contributed by atoms with Crippen LogP contribution >= 0.6 is 11.6 Å². The number of hydrogen-bond donors (Lipinski definition) is 1. The van der Waals surface area contributed by atoms with Crippen LogP contribution in [0, 0.1) is 0 Å². The molecule has 0 saturated carbocycles. The average Bonchev–Trinajstić information content (AvgIpc) is 2.32. The number of benzene rings is 2. The predicted octanol–water partition coefficient (Wildman–Crippen LogP) is 4.71. The molecule has 0 heterocycles. The highest BCUT2D eigenvalue weighted by Crippen LogP contribution is 2.34. The first-order valence-electron chi connectivity index (χ1n) is 5.62. The van der Waals surface area contributed by atoms with Gasteiger partial charge in [-0.15, -0.1) is 0 Å². The van der Waals surface area contributed by atoms with Gasteiger partial charge in [-0.25, -0.2) is 0 Å². The van der Waals surface area contributed by atoms with Crippen molar-refractivity contribution >= 4 is 22.4 Å². The maximum atomic E-state index is 10.2. The van der Waals surface area contributed by atoms with Gasteiger partial charge in [0.2, 0.25) is 0 Å². The zero-order chi connectivity index (χ0) is 12.4. The lowest BCUT2D eigenvalue weighted by Crippen LogP contribution is -1.86. The summed E-state index contributed by atoms with van der Waals surface area (Å²) in [4.78, 5) is 0. The summed E-state index contributed by atoms with van der Waals surface area (Å²) in [6.45, 7) is 4.08. The molecule has 0 spiro atoms. The van der Waals surface area contributed by atoms with E-state index in [2.05, 4.69) is 6.08 Å². The summed E-state index contributed by atoms with van der Waals surface area (Å²) in [5, 5.41) is 12.6. The van der Waals surface area contributed by atoms with Crippen LogP contribution in [0.15, 0.2) is 42.0 Å². The van der Waals surface area contributed by atoms with Gasteiger partial charge in [0.15, 0.2) is 0 Å². The van der Waals surface area contributed by atoms with Gasteiger partial charge in [0, 0.05) is 15.8 Å². The van der Waals surface area contributed by atoms with Crippen molar-refractivity contribution in [1.82, 2.24) is 0 Å². The van der Waals surface area contributed by atoms with Crippen molar-refractivity contribution in [3.63, 3.8) is 0 Å². The maximum absolute atomic E-state index is 10.2. The van der Waals surface area contributed by atoms with Crippen LogP contribution < -0.4 is 0 Å². The third-order valence-electron chi connectivity index (χ3n) is 2.77. The van der Waals surface area contributed by atoms with Crippen LogP contribution in [0.4, 0.5) is 0 Å². The number of phenols is 1. The average molecular weight is 247 g/mol. The fourth-order valence-electron chi connectivity index (χ4n) is 1.84.